The van der Waals surface area contributed by atoms with Crippen molar-refractivity contribution < 1.29 is 4.74 Å². The average molecular weight is 215 g/mol. The molecule has 0 aliphatic carbocycles. The van der Waals surface area contributed by atoms with Crippen LogP contribution in [0.3, 0.4) is 0 Å². The fraction of sp³-hybridized carbons (Fsp3) is 1.00. The molecule has 0 unspecified atom stereocenters. The summed E-state index contributed by atoms with van der Waals surface area (Å²) >= 11 is 0. The lowest BCUT2D eigenvalue weighted by Crippen LogP contribution is -2.24. The van der Waals surface area contributed by atoms with E-state index in [0.717, 1.165) is 32.2 Å². The molecule has 0 bridgehead atoms. The van der Waals surface area contributed by atoms with E-state index in [1.54, 1.807) is 0 Å². The molecule has 0 saturated carbocycles. The van der Waals surface area contributed by atoms with Gasteiger partial charge in [-0.2, -0.15) is 0 Å². The van der Waals surface area contributed by atoms with Crippen molar-refractivity contribution in [1.82, 2.24) is 5.32 Å². The van der Waals surface area contributed by atoms with Crippen LogP contribution in [0.25, 0.3) is 0 Å². The Hall–Kier alpha value is -0.0800. The summed E-state index contributed by atoms with van der Waals surface area (Å²) in [4.78, 5) is 0. The Bertz CT molecular complexity index is 138. The molecule has 0 aliphatic rings. The smallest absolute Gasteiger partial charge is 0.0590 e. The fourth-order valence-electron chi connectivity index (χ4n) is 1.34. The van der Waals surface area contributed by atoms with E-state index < -0.39 is 0 Å². The van der Waals surface area contributed by atoms with Gasteiger partial charge in [0.1, 0.15) is 0 Å². The van der Waals surface area contributed by atoms with Crippen LogP contribution in [0.15, 0.2) is 0 Å². The van der Waals surface area contributed by atoms with E-state index in [1.807, 2.05) is 0 Å². The van der Waals surface area contributed by atoms with Gasteiger partial charge in [-0.15, -0.1) is 0 Å². The van der Waals surface area contributed by atoms with Gasteiger partial charge in [0.25, 0.3) is 0 Å². The third kappa shape index (κ3) is 13.9. The molecule has 0 rings (SSSR count). The van der Waals surface area contributed by atoms with Crippen molar-refractivity contribution in [1.29, 1.82) is 0 Å². The van der Waals surface area contributed by atoms with Crippen molar-refractivity contribution in [2.75, 3.05) is 26.3 Å². The SMILES string of the molecule is CC(C)CNCCOCCCC(C)(C)C. The highest BCUT2D eigenvalue weighted by molar-refractivity contribution is 4.60. The normalized spacial score (nSPS) is 12.4. The molecular formula is C13H29NO. The molecule has 0 fully saturated rings. The molecule has 0 amide bonds. The zero-order valence-electron chi connectivity index (χ0n) is 11.2. The van der Waals surface area contributed by atoms with E-state index >= 15 is 0 Å². The number of hydrogen-bond acceptors (Lipinski definition) is 2. The van der Waals surface area contributed by atoms with Crippen molar-refractivity contribution in [3.63, 3.8) is 0 Å². The second-order valence-electron chi connectivity index (χ2n) is 5.87. The molecule has 0 atom stereocenters. The third-order valence-electron chi connectivity index (χ3n) is 2.19. The van der Waals surface area contributed by atoms with E-state index in [4.69, 9.17) is 4.74 Å². The predicted octanol–water partition coefficient (Wildman–Crippen LogP) is 3.07. The molecule has 92 valence electrons. The van der Waals surface area contributed by atoms with Gasteiger partial charge in [-0.3, -0.25) is 0 Å². The van der Waals surface area contributed by atoms with Crippen molar-refractivity contribution in [2.24, 2.45) is 11.3 Å². The lowest BCUT2D eigenvalue weighted by atomic mass is 9.91. The fourth-order valence-corrected chi connectivity index (χ4v) is 1.34. The van der Waals surface area contributed by atoms with Crippen LogP contribution in [0.4, 0.5) is 0 Å². The molecule has 0 radical (unpaired) electrons. The van der Waals surface area contributed by atoms with E-state index in [-0.39, 0.29) is 0 Å². The summed E-state index contributed by atoms with van der Waals surface area (Å²) in [5, 5.41) is 3.37. The maximum absolute atomic E-state index is 5.55. The molecule has 1 N–H and O–H groups in total. The van der Waals surface area contributed by atoms with Crippen molar-refractivity contribution in [2.45, 2.75) is 47.5 Å². The van der Waals surface area contributed by atoms with Crippen molar-refractivity contribution in [3.05, 3.63) is 0 Å². The zero-order valence-corrected chi connectivity index (χ0v) is 11.2. The largest absolute Gasteiger partial charge is 0.380 e. The molecule has 0 saturated heterocycles. The minimum Gasteiger partial charge on any atom is -0.380 e. The van der Waals surface area contributed by atoms with Crippen molar-refractivity contribution >= 4 is 0 Å². The maximum Gasteiger partial charge on any atom is 0.0590 e. The molecule has 0 aromatic carbocycles. The highest BCUT2D eigenvalue weighted by atomic mass is 16.5. The van der Waals surface area contributed by atoms with Gasteiger partial charge in [-0.25, -0.2) is 0 Å². The highest BCUT2D eigenvalue weighted by Gasteiger charge is 2.08. The quantitative estimate of drug-likeness (QED) is 0.628. The third-order valence-corrected chi connectivity index (χ3v) is 2.19. The monoisotopic (exact) mass is 215 g/mol. The molecule has 0 aliphatic heterocycles. The van der Waals surface area contributed by atoms with Gasteiger partial charge >= 0.3 is 0 Å². The molecule has 0 aromatic heterocycles. The molecular weight excluding hydrogens is 186 g/mol. The van der Waals surface area contributed by atoms with Crippen LogP contribution in [0.5, 0.6) is 0 Å². The van der Waals surface area contributed by atoms with Crippen LogP contribution in [0.1, 0.15) is 47.5 Å². The van der Waals surface area contributed by atoms with Gasteiger partial charge < -0.3 is 10.1 Å². The number of hydrogen-bond donors (Lipinski definition) is 1. The summed E-state index contributed by atoms with van der Waals surface area (Å²) in [5.74, 6) is 0.728. The first-order valence-electron chi connectivity index (χ1n) is 6.20. The van der Waals surface area contributed by atoms with Gasteiger partial charge in [0.2, 0.25) is 0 Å². The summed E-state index contributed by atoms with van der Waals surface area (Å²) < 4.78 is 5.55. The second kappa shape index (κ2) is 8.12. The van der Waals surface area contributed by atoms with E-state index in [0.29, 0.717) is 5.41 Å². The van der Waals surface area contributed by atoms with Gasteiger partial charge in [-0.05, 0) is 30.7 Å². The molecule has 2 heteroatoms. The topological polar surface area (TPSA) is 21.3 Å². The number of rotatable bonds is 8. The molecule has 0 heterocycles. The zero-order chi connectivity index (χ0) is 11.7. The average Bonchev–Trinajstić information content (AvgIpc) is 2.07. The Labute approximate surface area is 95.8 Å². The Kier molecular flexibility index (Phi) is 8.07. The number of ether oxygens (including phenoxy) is 1. The summed E-state index contributed by atoms with van der Waals surface area (Å²) in [5.41, 5.74) is 0.444. The van der Waals surface area contributed by atoms with Gasteiger partial charge in [-0.1, -0.05) is 34.6 Å². The van der Waals surface area contributed by atoms with Crippen LogP contribution in [-0.4, -0.2) is 26.3 Å². The highest BCUT2D eigenvalue weighted by Crippen LogP contribution is 2.20. The molecule has 0 aromatic rings. The summed E-state index contributed by atoms with van der Waals surface area (Å²) in [7, 11) is 0. The van der Waals surface area contributed by atoms with E-state index in [1.165, 1.54) is 12.8 Å². The van der Waals surface area contributed by atoms with Crippen molar-refractivity contribution in [3.8, 4) is 0 Å². The first kappa shape index (κ1) is 14.9. The minimum atomic E-state index is 0.444. The van der Waals surface area contributed by atoms with Crippen LogP contribution < -0.4 is 5.32 Å². The van der Waals surface area contributed by atoms with Crippen LogP contribution in [0.2, 0.25) is 0 Å². The first-order chi connectivity index (χ1) is 6.92. The first-order valence-corrected chi connectivity index (χ1v) is 6.20. The summed E-state index contributed by atoms with van der Waals surface area (Å²) in [6, 6.07) is 0. The van der Waals surface area contributed by atoms with E-state index in [9.17, 15) is 0 Å². The van der Waals surface area contributed by atoms with E-state index in [2.05, 4.69) is 39.9 Å². The van der Waals surface area contributed by atoms with Crippen LogP contribution >= 0.6 is 0 Å². The Morgan fingerprint density at radius 2 is 1.80 bits per heavy atom. The second-order valence-corrected chi connectivity index (χ2v) is 5.87. The molecule has 2 nitrogen and oxygen atoms in total. The van der Waals surface area contributed by atoms with Gasteiger partial charge in [0, 0.05) is 13.2 Å². The van der Waals surface area contributed by atoms with Gasteiger partial charge in [0.15, 0.2) is 0 Å². The maximum atomic E-state index is 5.55. The predicted molar refractivity (Wildman–Crippen MR) is 67.2 cm³/mol. The number of nitrogens with one attached hydrogen (secondary N) is 1. The summed E-state index contributed by atoms with van der Waals surface area (Å²) in [6.07, 6.45) is 2.42. The summed E-state index contributed by atoms with van der Waals surface area (Å²) in [6.45, 7) is 15.1. The van der Waals surface area contributed by atoms with Gasteiger partial charge in [0.05, 0.1) is 6.61 Å². The standard InChI is InChI=1S/C13H29NO/c1-12(2)11-14-8-10-15-9-6-7-13(3,4)5/h12,14H,6-11H2,1-5H3. The Balaban J connectivity index is 3.06. The van der Waals surface area contributed by atoms with Crippen LogP contribution in [-0.2, 0) is 4.74 Å². The van der Waals surface area contributed by atoms with Crippen LogP contribution in [0, 0.1) is 11.3 Å². The molecule has 15 heavy (non-hydrogen) atoms. The Morgan fingerprint density at radius 3 is 2.33 bits per heavy atom. The lowest BCUT2D eigenvalue weighted by Gasteiger charge is -2.17. The lowest BCUT2D eigenvalue weighted by molar-refractivity contribution is 0.124. The Morgan fingerprint density at radius 1 is 1.13 bits per heavy atom. The minimum absolute atomic E-state index is 0.444. The molecule has 0 spiro atoms.